The molecule has 8 nitrogen and oxygen atoms in total. The van der Waals surface area contributed by atoms with Crippen LogP contribution in [0.1, 0.15) is 71.9 Å². The maximum atomic E-state index is 13.3. The van der Waals surface area contributed by atoms with Crippen molar-refractivity contribution in [2.24, 2.45) is 11.8 Å². The highest BCUT2D eigenvalue weighted by Crippen LogP contribution is 2.44. The average Bonchev–Trinajstić information content (AvgIpc) is 3.43. The highest BCUT2D eigenvalue weighted by Gasteiger charge is 2.51. The molecular weight excluding hydrogens is 567 g/mol. The van der Waals surface area contributed by atoms with Crippen molar-refractivity contribution < 1.29 is 28.4 Å². The van der Waals surface area contributed by atoms with Crippen LogP contribution in [0.3, 0.4) is 0 Å². The summed E-state index contributed by atoms with van der Waals surface area (Å²) in [5.41, 5.74) is 5.10. The van der Waals surface area contributed by atoms with Gasteiger partial charge in [-0.15, -0.1) is 0 Å². The molecule has 45 heavy (non-hydrogen) atoms. The molecule has 1 aliphatic carbocycles. The van der Waals surface area contributed by atoms with Crippen LogP contribution in [0, 0.1) is 11.8 Å². The molecule has 1 aliphatic heterocycles. The molecule has 2 atom stereocenters. The Morgan fingerprint density at radius 3 is 1.89 bits per heavy atom. The van der Waals surface area contributed by atoms with Crippen LogP contribution in [0.5, 0.6) is 0 Å². The van der Waals surface area contributed by atoms with E-state index in [9.17, 15) is 14.4 Å². The van der Waals surface area contributed by atoms with Crippen LogP contribution >= 0.6 is 0 Å². The number of Topliss-reactive ketones (excluding diaryl/α,β-unsaturated/α-hetero) is 1. The first-order chi connectivity index (χ1) is 21.3. The lowest BCUT2D eigenvalue weighted by atomic mass is 9.79. The minimum Gasteiger partial charge on any atom is -0.449 e. The largest absolute Gasteiger partial charge is 0.494 e. The third-order valence-electron chi connectivity index (χ3n) is 9.29. The summed E-state index contributed by atoms with van der Waals surface area (Å²) >= 11 is 0. The summed E-state index contributed by atoms with van der Waals surface area (Å²) in [6, 6.07) is 22.8. The minimum atomic E-state index is -0.782. The maximum absolute atomic E-state index is 13.3. The minimum absolute atomic E-state index is 0.0235. The molecule has 2 aliphatic rings. The van der Waals surface area contributed by atoms with Gasteiger partial charge in [0, 0.05) is 23.9 Å². The predicted molar refractivity (Wildman–Crippen MR) is 176 cm³/mol. The van der Waals surface area contributed by atoms with E-state index >= 15 is 0 Å². The second-order valence-corrected chi connectivity index (χ2v) is 13.5. The first-order valence-electron chi connectivity index (χ1n) is 15.7. The van der Waals surface area contributed by atoms with Crippen LogP contribution in [-0.4, -0.2) is 48.8 Å². The van der Waals surface area contributed by atoms with Crippen LogP contribution in [-0.2, 0) is 23.6 Å². The number of hydrogen-bond acceptors (Lipinski definition) is 6. The van der Waals surface area contributed by atoms with Crippen LogP contribution in [0.25, 0.3) is 11.1 Å². The van der Waals surface area contributed by atoms with Crippen molar-refractivity contribution in [3.8, 4) is 11.1 Å². The summed E-state index contributed by atoms with van der Waals surface area (Å²) in [5.74, 6) is -1.37. The third kappa shape index (κ3) is 6.85. The molecule has 5 rings (SSSR count). The Hall–Kier alpha value is -3.95. The number of benzene rings is 3. The molecule has 2 N–H and O–H groups in total. The fraction of sp³-hybridized carbons (Fsp3) is 0.417. The van der Waals surface area contributed by atoms with E-state index in [1.165, 1.54) is 0 Å². The Balaban J connectivity index is 1.13. The number of hydrogen-bond donors (Lipinski definition) is 2. The second-order valence-electron chi connectivity index (χ2n) is 13.5. The molecule has 0 unspecified atom stereocenters. The lowest BCUT2D eigenvalue weighted by Crippen LogP contribution is -2.45. The van der Waals surface area contributed by atoms with Gasteiger partial charge in [0.05, 0.1) is 17.2 Å². The molecular formula is C36H43BN2O6. The van der Waals surface area contributed by atoms with Gasteiger partial charge in [0.25, 0.3) is 0 Å². The third-order valence-corrected chi connectivity index (χ3v) is 9.29. The van der Waals surface area contributed by atoms with Gasteiger partial charge in [0.2, 0.25) is 5.91 Å². The zero-order chi connectivity index (χ0) is 32.5. The smallest absolute Gasteiger partial charge is 0.449 e. The summed E-state index contributed by atoms with van der Waals surface area (Å²) in [7, 11) is -0.492. The summed E-state index contributed by atoms with van der Waals surface area (Å²) in [4.78, 5) is 39.2. The second kappa shape index (κ2) is 12.8. The zero-order valence-corrected chi connectivity index (χ0v) is 27.2. The van der Waals surface area contributed by atoms with Crippen LogP contribution in [0.4, 0.5) is 10.5 Å². The summed E-state index contributed by atoms with van der Waals surface area (Å²) in [6.07, 6.45) is -0.673. The maximum Gasteiger partial charge on any atom is 0.494 e. The van der Waals surface area contributed by atoms with Gasteiger partial charge >= 0.3 is 13.2 Å². The number of nitrogens with one attached hydrogen (secondary N) is 2. The highest BCUT2D eigenvalue weighted by molar-refractivity contribution is 6.62. The number of ketones is 1. The van der Waals surface area contributed by atoms with E-state index < -0.39 is 36.4 Å². The van der Waals surface area contributed by atoms with Gasteiger partial charge in [-0.1, -0.05) is 81.4 Å². The number of anilines is 1. The number of alkyl carbamates (subject to hydrolysis) is 1. The normalized spacial score (nSPS) is 17.7. The quantitative estimate of drug-likeness (QED) is 0.270. The molecule has 0 saturated carbocycles. The van der Waals surface area contributed by atoms with E-state index in [4.69, 9.17) is 14.0 Å². The average molecular weight is 611 g/mol. The number of amides is 2. The van der Waals surface area contributed by atoms with Crippen LogP contribution in [0.15, 0.2) is 72.8 Å². The first kappa shape index (κ1) is 32.4. The summed E-state index contributed by atoms with van der Waals surface area (Å²) in [5, 5.41) is 5.65. The van der Waals surface area contributed by atoms with Crippen molar-refractivity contribution in [1.29, 1.82) is 0 Å². The zero-order valence-electron chi connectivity index (χ0n) is 27.2. The molecule has 0 aromatic heterocycles. The van der Waals surface area contributed by atoms with Gasteiger partial charge < -0.3 is 24.7 Å². The fourth-order valence-electron chi connectivity index (χ4n) is 5.88. The molecule has 0 spiro atoms. The monoisotopic (exact) mass is 610 g/mol. The Bertz CT molecular complexity index is 1510. The van der Waals surface area contributed by atoms with Crippen molar-refractivity contribution in [1.82, 2.24) is 5.32 Å². The van der Waals surface area contributed by atoms with E-state index in [1.54, 1.807) is 19.1 Å². The number of rotatable bonds is 10. The van der Waals surface area contributed by atoms with Gasteiger partial charge in [-0.05, 0) is 73.5 Å². The molecule has 1 fully saturated rings. The van der Waals surface area contributed by atoms with Gasteiger partial charge in [-0.3, -0.25) is 9.59 Å². The molecule has 0 radical (unpaired) electrons. The molecule has 3 aromatic carbocycles. The van der Waals surface area contributed by atoms with Crippen LogP contribution < -0.4 is 16.1 Å². The molecule has 0 bridgehead atoms. The standard InChI is InChI=1S/C36H43BN2O6/c1-22(2)32(39-34(42)43-21-30-28-14-10-8-12-26(28)27-13-9-11-15-29(27)30)31(40)20-23(3)33(41)38-25-18-16-24(17-19-25)37-44-35(4,5)36(6,7)45-37/h8-19,22-23,30,32H,20-21H2,1-7H3,(H,38,41)(H,39,42)/t23-,32+/m1/s1. The topological polar surface area (TPSA) is 103 Å². The number of ether oxygens (including phenoxy) is 1. The van der Waals surface area contributed by atoms with Crippen molar-refractivity contribution in [3.05, 3.63) is 83.9 Å². The number of fused-ring (bicyclic) bond motifs is 3. The Morgan fingerprint density at radius 1 is 0.822 bits per heavy atom. The molecule has 236 valence electrons. The number of carbonyl (C=O) groups excluding carboxylic acids is 3. The first-order valence-corrected chi connectivity index (χ1v) is 15.7. The Kier molecular flexibility index (Phi) is 9.24. The van der Waals surface area contributed by atoms with Gasteiger partial charge in [0.1, 0.15) is 6.61 Å². The molecule has 9 heteroatoms. The van der Waals surface area contributed by atoms with Crippen molar-refractivity contribution in [2.75, 3.05) is 11.9 Å². The fourth-order valence-corrected chi connectivity index (χ4v) is 5.88. The molecule has 2 amide bonds. The van der Waals surface area contributed by atoms with E-state index in [2.05, 4.69) is 34.9 Å². The SMILES string of the molecule is CC(C)[C@H](NC(=O)OCC1c2ccccc2-c2ccccc21)C(=O)C[C@@H](C)C(=O)Nc1ccc(B2OC(C)(C)C(C)(C)O2)cc1. The number of carbonyl (C=O) groups is 3. The van der Waals surface area contributed by atoms with Crippen molar-refractivity contribution in [2.45, 2.75) is 78.0 Å². The lowest BCUT2D eigenvalue weighted by Gasteiger charge is -2.32. The van der Waals surface area contributed by atoms with Gasteiger partial charge in [0.15, 0.2) is 5.78 Å². The molecule has 1 heterocycles. The predicted octanol–water partition coefficient (Wildman–Crippen LogP) is 6.08. The van der Waals surface area contributed by atoms with Crippen molar-refractivity contribution in [3.63, 3.8) is 0 Å². The van der Waals surface area contributed by atoms with Gasteiger partial charge in [-0.25, -0.2) is 4.79 Å². The summed E-state index contributed by atoms with van der Waals surface area (Å²) < 4.78 is 17.9. The molecule has 3 aromatic rings. The highest BCUT2D eigenvalue weighted by atomic mass is 16.7. The Morgan fingerprint density at radius 2 is 1.36 bits per heavy atom. The van der Waals surface area contributed by atoms with Crippen LogP contribution in [0.2, 0.25) is 0 Å². The van der Waals surface area contributed by atoms with E-state index in [1.807, 2.05) is 77.9 Å². The van der Waals surface area contributed by atoms with Gasteiger partial charge in [-0.2, -0.15) is 0 Å². The van der Waals surface area contributed by atoms with E-state index in [0.29, 0.717) is 5.69 Å². The lowest BCUT2D eigenvalue weighted by molar-refractivity contribution is -0.127. The van der Waals surface area contributed by atoms with E-state index in [-0.39, 0.29) is 36.6 Å². The summed E-state index contributed by atoms with van der Waals surface area (Å²) in [6.45, 7) is 13.6. The molecule has 1 saturated heterocycles. The van der Waals surface area contributed by atoms with Crippen molar-refractivity contribution >= 4 is 36.1 Å². The van der Waals surface area contributed by atoms with E-state index in [0.717, 1.165) is 27.7 Å². The Labute approximate surface area is 266 Å².